The Balaban J connectivity index is 1.34. The summed E-state index contributed by atoms with van der Waals surface area (Å²) in [6.07, 6.45) is 4.35. The number of carbonyl (C=O) groups is 2. The van der Waals surface area contributed by atoms with Gasteiger partial charge >= 0.3 is 6.29 Å². The van der Waals surface area contributed by atoms with Gasteiger partial charge in [-0.15, -0.1) is 8.78 Å². The molecule has 6 rings (SSSR count). The van der Waals surface area contributed by atoms with Crippen LogP contribution in [-0.4, -0.2) is 70.2 Å². The fraction of sp³-hybridized carbons (Fsp3) is 0.414. The van der Waals surface area contributed by atoms with Crippen LogP contribution in [-0.2, 0) is 4.79 Å². The van der Waals surface area contributed by atoms with E-state index in [0.29, 0.717) is 36.1 Å². The molecule has 0 saturated carbocycles. The molecule has 2 aromatic carbocycles. The first kappa shape index (κ1) is 26.2. The number of aromatic nitrogens is 2. The van der Waals surface area contributed by atoms with E-state index in [0.717, 1.165) is 32.5 Å². The number of anilines is 1. The average molecular weight is 552 g/mol. The maximum Gasteiger partial charge on any atom is 0.586 e. The standard InChI is InChI=1S/C29H31F2N5O4/c30-29(31)39-23-14-13-22-25(26(23)40-29)36(28(32-22)33-27(38)20-9-2-1-3-10-20)21-11-4-5-18-35(19-21)24(37)12-8-17-34-15-6-7-16-34/h1-3,8-10,12-14,21H,4-7,11,15-19H2,(H,32,33,38)/b12-8+/t21-/m1/s1. The number of halogens is 2. The van der Waals surface area contributed by atoms with Crippen LogP contribution >= 0.6 is 0 Å². The topological polar surface area (TPSA) is 88.9 Å². The fourth-order valence-electron chi connectivity index (χ4n) is 5.70. The molecule has 3 aromatic rings. The number of hydrogen-bond donors (Lipinski definition) is 1. The van der Waals surface area contributed by atoms with E-state index in [9.17, 15) is 18.4 Å². The molecule has 4 heterocycles. The minimum absolute atomic E-state index is 0.0956. The van der Waals surface area contributed by atoms with Crippen molar-refractivity contribution in [2.24, 2.45) is 0 Å². The van der Waals surface area contributed by atoms with Gasteiger partial charge in [-0.25, -0.2) is 4.98 Å². The highest BCUT2D eigenvalue weighted by molar-refractivity contribution is 6.04. The summed E-state index contributed by atoms with van der Waals surface area (Å²) in [4.78, 5) is 35.0. The number of nitrogens with one attached hydrogen (secondary N) is 1. The molecule has 0 bridgehead atoms. The second-order valence-electron chi connectivity index (χ2n) is 10.4. The van der Waals surface area contributed by atoms with E-state index in [-0.39, 0.29) is 35.3 Å². The first-order chi connectivity index (χ1) is 19.4. The Morgan fingerprint density at radius 2 is 1.80 bits per heavy atom. The number of rotatable bonds is 6. The highest BCUT2D eigenvalue weighted by Gasteiger charge is 2.45. The normalized spacial score (nSPS) is 20.8. The lowest BCUT2D eigenvalue weighted by Crippen LogP contribution is -2.35. The van der Waals surface area contributed by atoms with Crippen LogP contribution in [0.2, 0.25) is 0 Å². The Kier molecular flexibility index (Phi) is 7.14. The number of carbonyl (C=O) groups excluding carboxylic acids is 2. The molecular weight excluding hydrogens is 520 g/mol. The van der Waals surface area contributed by atoms with Gasteiger partial charge in [0.05, 0.1) is 11.6 Å². The third-order valence-electron chi connectivity index (χ3n) is 7.63. The molecule has 0 spiro atoms. The number of hydrogen-bond acceptors (Lipinski definition) is 6. The molecule has 0 aliphatic carbocycles. The molecule has 2 saturated heterocycles. The summed E-state index contributed by atoms with van der Waals surface area (Å²) in [7, 11) is 0. The third kappa shape index (κ3) is 5.38. The van der Waals surface area contributed by atoms with Crippen molar-refractivity contribution in [3.05, 3.63) is 60.2 Å². The van der Waals surface area contributed by atoms with E-state index in [1.807, 2.05) is 12.1 Å². The van der Waals surface area contributed by atoms with Gasteiger partial charge in [0, 0.05) is 31.3 Å². The van der Waals surface area contributed by atoms with Crippen LogP contribution in [0.25, 0.3) is 11.0 Å². The van der Waals surface area contributed by atoms with E-state index in [4.69, 9.17) is 9.47 Å². The molecule has 210 valence electrons. The number of ether oxygens (including phenoxy) is 2. The van der Waals surface area contributed by atoms with E-state index < -0.39 is 6.29 Å². The lowest BCUT2D eigenvalue weighted by atomic mass is 10.1. The molecule has 11 heteroatoms. The molecule has 2 amide bonds. The largest absolute Gasteiger partial charge is 0.586 e. The number of imidazole rings is 1. The minimum Gasteiger partial charge on any atom is -0.395 e. The van der Waals surface area contributed by atoms with Crippen LogP contribution in [0, 0.1) is 0 Å². The molecule has 3 aliphatic heterocycles. The number of amides is 2. The predicted molar refractivity (Wildman–Crippen MR) is 145 cm³/mol. The monoisotopic (exact) mass is 551 g/mol. The average Bonchev–Trinajstić information content (AvgIpc) is 3.61. The van der Waals surface area contributed by atoms with Crippen LogP contribution in [0.3, 0.4) is 0 Å². The van der Waals surface area contributed by atoms with Crippen molar-refractivity contribution in [2.45, 2.75) is 44.4 Å². The first-order valence-electron chi connectivity index (χ1n) is 13.7. The van der Waals surface area contributed by atoms with E-state index >= 15 is 0 Å². The predicted octanol–water partition coefficient (Wildman–Crippen LogP) is 4.82. The summed E-state index contributed by atoms with van der Waals surface area (Å²) in [5.41, 5.74) is 1.09. The highest BCUT2D eigenvalue weighted by Crippen LogP contribution is 2.47. The Bertz CT molecular complexity index is 1440. The van der Waals surface area contributed by atoms with Crippen LogP contribution in [0.4, 0.5) is 14.7 Å². The maximum absolute atomic E-state index is 14.1. The summed E-state index contributed by atoms with van der Waals surface area (Å²) >= 11 is 0. The van der Waals surface area contributed by atoms with Crippen molar-refractivity contribution in [2.75, 3.05) is 38.0 Å². The van der Waals surface area contributed by atoms with Gasteiger partial charge < -0.3 is 18.9 Å². The lowest BCUT2D eigenvalue weighted by molar-refractivity contribution is -0.286. The first-order valence-corrected chi connectivity index (χ1v) is 13.7. The van der Waals surface area contributed by atoms with E-state index in [2.05, 4.69) is 15.2 Å². The molecule has 40 heavy (non-hydrogen) atoms. The number of benzene rings is 2. The second kappa shape index (κ2) is 10.9. The summed E-state index contributed by atoms with van der Waals surface area (Å²) in [6, 6.07) is 11.3. The lowest BCUT2D eigenvalue weighted by Gasteiger charge is -2.26. The summed E-state index contributed by atoms with van der Waals surface area (Å²) in [5, 5.41) is 2.86. The Labute approximate surface area is 230 Å². The zero-order chi connectivity index (χ0) is 27.7. The van der Waals surface area contributed by atoms with Gasteiger partial charge in [-0.3, -0.25) is 19.8 Å². The van der Waals surface area contributed by atoms with Crippen LogP contribution in [0.5, 0.6) is 11.5 Å². The van der Waals surface area contributed by atoms with Gasteiger partial charge in [0.25, 0.3) is 5.91 Å². The molecule has 9 nitrogen and oxygen atoms in total. The zero-order valence-corrected chi connectivity index (χ0v) is 22.0. The summed E-state index contributed by atoms with van der Waals surface area (Å²) < 4.78 is 39.6. The van der Waals surface area contributed by atoms with Gasteiger partial charge in [0.1, 0.15) is 5.52 Å². The van der Waals surface area contributed by atoms with Crippen molar-refractivity contribution >= 4 is 28.8 Å². The van der Waals surface area contributed by atoms with Gasteiger partial charge in [-0.1, -0.05) is 24.3 Å². The number of alkyl halides is 2. The molecule has 1 aromatic heterocycles. The molecular formula is C29H31F2N5O4. The summed E-state index contributed by atoms with van der Waals surface area (Å²) in [5.74, 6) is -0.529. The number of likely N-dealkylation sites (tertiary alicyclic amines) is 2. The van der Waals surface area contributed by atoms with Crippen molar-refractivity contribution in [1.29, 1.82) is 0 Å². The third-order valence-corrected chi connectivity index (χ3v) is 7.63. The maximum atomic E-state index is 14.1. The molecule has 0 unspecified atom stereocenters. The quantitative estimate of drug-likeness (QED) is 0.442. The van der Waals surface area contributed by atoms with Gasteiger partial charge in [0.15, 0.2) is 11.5 Å². The fourth-order valence-corrected chi connectivity index (χ4v) is 5.70. The minimum atomic E-state index is -3.81. The molecule has 2 fully saturated rings. The Morgan fingerprint density at radius 1 is 1.02 bits per heavy atom. The molecule has 1 atom stereocenters. The Hall–Kier alpha value is -3.99. The smallest absolute Gasteiger partial charge is 0.395 e. The molecule has 0 radical (unpaired) electrons. The van der Waals surface area contributed by atoms with Gasteiger partial charge in [-0.2, -0.15) is 0 Å². The van der Waals surface area contributed by atoms with Crippen molar-refractivity contribution in [3.63, 3.8) is 0 Å². The number of nitrogens with zero attached hydrogens (tertiary/aromatic N) is 4. The SMILES string of the molecule is O=C(Nc1nc2ccc3c(c2n1[C@@H]1CCCCN(C(=O)/C=C/CN2CCCC2)C1)OC(F)(F)O3)c1ccccc1. The van der Waals surface area contributed by atoms with E-state index in [1.54, 1.807) is 45.9 Å². The zero-order valence-electron chi connectivity index (χ0n) is 22.0. The van der Waals surface area contributed by atoms with Gasteiger partial charge in [0.2, 0.25) is 11.9 Å². The second-order valence-corrected chi connectivity index (χ2v) is 10.4. The van der Waals surface area contributed by atoms with E-state index in [1.165, 1.54) is 18.9 Å². The molecule has 3 aliphatic rings. The molecule has 1 N–H and O–H groups in total. The van der Waals surface area contributed by atoms with Crippen LogP contribution in [0.15, 0.2) is 54.6 Å². The summed E-state index contributed by atoms with van der Waals surface area (Å²) in [6.45, 7) is 3.74. The van der Waals surface area contributed by atoms with Crippen molar-refractivity contribution < 1.29 is 27.8 Å². The highest BCUT2D eigenvalue weighted by atomic mass is 19.3. The Morgan fingerprint density at radius 3 is 2.60 bits per heavy atom. The van der Waals surface area contributed by atoms with Crippen molar-refractivity contribution in [1.82, 2.24) is 19.4 Å². The van der Waals surface area contributed by atoms with Crippen LogP contribution in [0.1, 0.15) is 48.5 Å². The van der Waals surface area contributed by atoms with Crippen LogP contribution < -0.4 is 14.8 Å². The van der Waals surface area contributed by atoms with Gasteiger partial charge in [-0.05, 0) is 69.5 Å². The number of fused-ring (bicyclic) bond motifs is 3. The van der Waals surface area contributed by atoms with Crippen molar-refractivity contribution in [3.8, 4) is 11.5 Å².